The van der Waals surface area contributed by atoms with Gasteiger partial charge in [0.25, 0.3) is 0 Å². The van der Waals surface area contributed by atoms with Crippen LogP contribution in [-0.2, 0) is 14.2 Å². The molecule has 1 heterocycles. The van der Waals surface area contributed by atoms with E-state index in [4.69, 9.17) is 14.2 Å². The van der Waals surface area contributed by atoms with Crippen molar-refractivity contribution >= 4 is 0 Å². The van der Waals surface area contributed by atoms with Crippen LogP contribution in [0, 0.1) is 11.8 Å². The van der Waals surface area contributed by atoms with Crippen molar-refractivity contribution in [1.82, 2.24) is 0 Å². The molecular formula is C11H22O3. The zero-order valence-electron chi connectivity index (χ0n) is 9.82. The maximum absolute atomic E-state index is 5.82. The molecule has 0 N–H and O–H groups in total. The maximum atomic E-state index is 5.82. The first-order chi connectivity index (χ1) is 6.65. The van der Waals surface area contributed by atoms with Crippen LogP contribution in [0.25, 0.3) is 0 Å². The molecule has 0 aromatic rings. The van der Waals surface area contributed by atoms with Crippen LogP contribution in [0.2, 0.25) is 0 Å². The van der Waals surface area contributed by atoms with Gasteiger partial charge in [-0.25, -0.2) is 0 Å². The van der Waals surface area contributed by atoms with E-state index in [1.165, 1.54) is 0 Å². The molecule has 1 rings (SSSR count). The third-order valence-corrected chi connectivity index (χ3v) is 3.36. The number of rotatable bonds is 3. The Morgan fingerprint density at radius 2 is 1.71 bits per heavy atom. The zero-order chi connectivity index (χ0) is 10.7. The second-order valence-electron chi connectivity index (χ2n) is 4.11. The average Bonchev–Trinajstić information content (AvgIpc) is 2.21. The molecule has 0 spiro atoms. The lowest BCUT2D eigenvalue weighted by atomic mass is 9.84. The minimum atomic E-state index is -0.0821. The highest BCUT2D eigenvalue weighted by Gasteiger charge is 2.40. The van der Waals surface area contributed by atoms with Gasteiger partial charge in [-0.05, 0) is 12.3 Å². The summed E-state index contributed by atoms with van der Waals surface area (Å²) in [6.45, 7) is 6.47. The van der Waals surface area contributed by atoms with Gasteiger partial charge < -0.3 is 14.2 Å². The highest BCUT2D eigenvalue weighted by molar-refractivity contribution is 4.85. The summed E-state index contributed by atoms with van der Waals surface area (Å²) in [6, 6.07) is 0. The van der Waals surface area contributed by atoms with E-state index < -0.39 is 0 Å². The van der Waals surface area contributed by atoms with E-state index >= 15 is 0 Å². The van der Waals surface area contributed by atoms with Crippen molar-refractivity contribution < 1.29 is 14.2 Å². The number of hydrogen-bond acceptors (Lipinski definition) is 3. The van der Waals surface area contributed by atoms with Crippen LogP contribution in [0.3, 0.4) is 0 Å². The second kappa shape index (κ2) is 5.10. The summed E-state index contributed by atoms with van der Waals surface area (Å²) in [6.07, 6.45) is 1.24. The summed E-state index contributed by atoms with van der Waals surface area (Å²) in [4.78, 5) is 0. The molecule has 2 unspecified atom stereocenters. The van der Waals surface area contributed by atoms with Crippen molar-refractivity contribution in [2.24, 2.45) is 11.8 Å². The molecule has 0 radical (unpaired) electrons. The SMILES string of the molecule is CCC1O[C@H](OC)C(C)[C@@H](C)[C@@H]1OC. The van der Waals surface area contributed by atoms with Gasteiger partial charge in [-0.1, -0.05) is 20.8 Å². The van der Waals surface area contributed by atoms with Crippen molar-refractivity contribution in [3.8, 4) is 0 Å². The van der Waals surface area contributed by atoms with E-state index in [1.54, 1.807) is 14.2 Å². The predicted octanol–water partition coefficient (Wildman–Crippen LogP) is 2.05. The van der Waals surface area contributed by atoms with Crippen LogP contribution in [0.5, 0.6) is 0 Å². The molecule has 1 aliphatic heterocycles. The molecule has 1 saturated heterocycles. The van der Waals surface area contributed by atoms with Gasteiger partial charge in [-0.3, -0.25) is 0 Å². The molecule has 0 amide bonds. The predicted molar refractivity (Wildman–Crippen MR) is 55.1 cm³/mol. The van der Waals surface area contributed by atoms with Gasteiger partial charge in [0.15, 0.2) is 6.29 Å². The van der Waals surface area contributed by atoms with E-state index in [-0.39, 0.29) is 18.5 Å². The number of methoxy groups -OCH3 is 2. The van der Waals surface area contributed by atoms with E-state index in [2.05, 4.69) is 20.8 Å². The Balaban J connectivity index is 2.71. The first kappa shape index (κ1) is 12.0. The van der Waals surface area contributed by atoms with Gasteiger partial charge in [0.2, 0.25) is 0 Å². The van der Waals surface area contributed by atoms with Crippen LogP contribution in [0.4, 0.5) is 0 Å². The smallest absolute Gasteiger partial charge is 0.160 e. The van der Waals surface area contributed by atoms with Crippen LogP contribution in [-0.4, -0.2) is 32.7 Å². The Kier molecular flexibility index (Phi) is 4.35. The highest BCUT2D eigenvalue weighted by Crippen LogP contribution is 2.33. The lowest BCUT2D eigenvalue weighted by molar-refractivity contribution is -0.258. The van der Waals surface area contributed by atoms with Gasteiger partial charge in [0.1, 0.15) is 0 Å². The van der Waals surface area contributed by atoms with Crippen LogP contribution in [0.1, 0.15) is 27.2 Å². The average molecular weight is 202 g/mol. The molecule has 3 heteroatoms. The fourth-order valence-electron chi connectivity index (χ4n) is 2.22. The van der Waals surface area contributed by atoms with E-state index in [9.17, 15) is 0 Å². The third kappa shape index (κ3) is 2.10. The van der Waals surface area contributed by atoms with Crippen LogP contribution in [0.15, 0.2) is 0 Å². The van der Waals surface area contributed by atoms with Crippen molar-refractivity contribution in [2.45, 2.75) is 45.7 Å². The summed E-state index contributed by atoms with van der Waals surface area (Å²) in [5, 5.41) is 0. The fraction of sp³-hybridized carbons (Fsp3) is 1.00. The molecule has 84 valence electrons. The molecule has 0 aliphatic carbocycles. The van der Waals surface area contributed by atoms with E-state index in [0.717, 1.165) is 6.42 Å². The Bertz CT molecular complexity index is 170. The topological polar surface area (TPSA) is 27.7 Å². The van der Waals surface area contributed by atoms with Gasteiger partial charge in [-0.15, -0.1) is 0 Å². The van der Waals surface area contributed by atoms with E-state index in [1.807, 2.05) is 0 Å². The Morgan fingerprint density at radius 3 is 2.14 bits per heavy atom. The zero-order valence-corrected chi connectivity index (χ0v) is 9.82. The second-order valence-corrected chi connectivity index (χ2v) is 4.11. The molecule has 1 fully saturated rings. The molecule has 0 aromatic heterocycles. The van der Waals surface area contributed by atoms with Crippen LogP contribution >= 0.6 is 0 Å². The monoisotopic (exact) mass is 202 g/mol. The minimum absolute atomic E-state index is 0.0821. The Hall–Kier alpha value is -0.120. The highest BCUT2D eigenvalue weighted by atomic mass is 16.7. The largest absolute Gasteiger partial charge is 0.378 e. The van der Waals surface area contributed by atoms with Gasteiger partial charge in [0, 0.05) is 20.1 Å². The first-order valence-electron chi connectivity index (χ1n) is 5.36. The normalized spacial score (nSPS) is 43.9. The summed E-state index contributed by atoms with van der Waals surface area (Å²) >= 11 is 0. The standard InChI is InChI=1S/C11H22O3/c1-6-9-10(12-4)7(2)8(3)11(13-5)14-9/h7-11H,6H2,1-5H3/t7-,8?,9?,10+,11+/m1/s1. The van der Waals surface area contributed by atoms with Gasteiger partial charge >= 0.3 is 0 Å². The molecule has 3 nitrogen and oxygen atoms in total. The maximum Gasteiger partial charge on any atom is 0.160 e. The molecular weight excluding hydrogens is 180 g/mol. The van der Waals surface area contributed by atoms with Crippen molar-refractivity contribution in [2.75, 3.05) is 14.2 Å². The number of ether oxygens (including phenoxy) is 3. The molecule has 14 heavy (non-hydrogen) atoms. The fourth-order valence-corrected chi connectivity index (χ4v) is 2.22. The van der Waals surface area contributed by atoms with Crippen molar-refractivity contribution in [3.63, 3.8) is 0 Å². The van der Waals surface area contributed by atoms with Crippen molar-refractivity contribution in [1.29, 1.82) is 0 Å². The molecule has 5 atom stereocenters. The summed E-state index contributed by atoms with van der Waals surface area (Å²) in [5.41, 5.74) is 0. The number of hydrogen-bond donors (Lipinski definition) is 0. The minimum Gasteiger partial charge on any atom is -0.378 e. The third-order valence-electron chi connectivity index (χ3n) is 3.36. The molecule has 0 bridgehead atoms. The lowest BCUT2D eigenvalue weighted by Gasteiger charge is -2.43. The summed E-state index contributed by atoms with van der Waals surface area (Å²) < 4.78 is 16.6. The van der Waals surface area contributed by atoms with E-state index in [0.29, 0.717) is 11.8 Å². The summed E-state index contributed by atoms with van der Waals surface area (Å²) in [7, 11) is 3.46. The Morgan fingerprint density at radius 1 is 1.07 bits per heavy atom. The molecule has 0 aromatic carbocycles. The molecule has 1 aliphatic rings. The molecule has 0 saturated carbocycles. The summed E-state index contributed by atoms with van der Waals surface area (Å²) in [5.74, 6) is 0.858. The Labute approximate surface area is 86.7 Å². The quantitative estimate of drug-likeness (QED) is 0.701. The lowest BCUT2D eigenvalue weighted by Crippen LogP contribution is -2.50. The van der Waals surface area contributed by atoms with Gasteiger partial charge in [-0.2, -0.15) is 0 Å². The van der Waals surface area contributed by atoms with Crippen molar-refractivity contribution in [3.05, 3.63) is 0 Å². The first-order valence-corrected chi connectivity index (χ1v) is 5.36. The van der Waals surface area contributed by atoms with Gasteiger partial charge in [0.05, 0.1) is 12.2 Å². The van der Waals surface area contributed by atoms with Crippen LogP contribution < -0.4 is 0 Å².